The minimum atomic E-state index is -1.13. The second-order valence-corrected chi connectivity index (χ2v) is 18.7. The molecule has 5 amide bonds. The van der Waals surface area contributed by atoms with Gasteiger partial charge in [0, 0.05) is 86.9 Å². The van der Waals surface area contributed by atoms with Crippen LogP contribution in [0, 0.1) is 39.7 Å². The zero-order valence-corrected chi connectivity index (χ0v) is 36.1. The van der Waals surface area contributed by atoms with Crippen molar-refractivity contribution in [2.45, 2.75) is 71.6 Å². The van der Waals surface area contributed by atoms with Gasteiger partial charge in [-0.3, -0.25) is 44.1 Å². The molecule has 1 atom stereocenters. The van der Waals surface area contributed by atoms with E-state index in [0.717, 1.165) is 35.7 Å². The Kier molecular flexibility index (Phi) is 10.8. The molecule has 2 aromatic carbocycles. The van der Waals surface area contributed by atoms with Crippen molar-refractivity contribution in [2.24, 2.45) is 16.7 Å². The number of aromatic nitrogens is 2. The first-order valence-corrected chi connectivity index (χ1v) is 21.7. The number of hydrogen-bond donors (Lipinski definition) is 2. The van der Waals surface area contributed by atoms with Crippen LogP contribution in [-0.4, -0.2) is 113 Å². The molecule has 1 unspecified atom stereocenters. The Bertz CT molecular complexity index is 2630. The highest BCUT2D eigenvalue weighted by atomic mass is 19.1. The number of halogens is 2. The third-order valence-electron chi connectivity index (χ3n) is 13.9. The topological polar surface area (TPSA) is 181 Å². The minimum Gasteiger partial charge on any atom is -0.488 e. The zero-order chi connectivity index (χ0) is 45.2. The van der Waals surface area contributed by atoms with E-state index in [2.05, 4.69) is 31.6 Å². The number of benzene rings is 2. The molecule has 1 saturated carbocycles. The van der Waals surface area contributed by atoms with Gasteiger partial charge in [0.1, 0.15) is 29.8 Å². The molecular formula is C47H49F2N9O6. The first-order chi connectivity index (χ1) is 30.6. The van der Waals surface area contributed by atoms with Crippen LogP contribution in [0.5, 0.6) is 5.75 Å². The van der Waals surface area contributed by atoms with Crippen LogP contribution < -0.4 is 25.2 Å². The normalized spacial score (nSPS) is 23.4. The molecule has 2 N–H and O–H groups in total. The number of nitriles is 1. The van der Waals surface area contributed by atoms with Crippen molar-refractivity contribution in [3.63, 3.8) is 0 Å². The van der Waals surface area contributed by atoms with Gasteiger partial charge in [0.25, 0.3) is 17.7 Å². The lowest BCUT2D eigenvalue weighted by Gasteiger charge is -2.63. The number of amides is 5. The van der Waals surface area contributed by atoms with E-state index in [1.54, 1.807) is 24.4 Å². The molecule has 4 fully saturated rings. The van der Waals surface area contributed by atoms with Crippen molar-refractivity contribution in [1.29, 1.82) is 5.26 Å². The van der Waals surface area contributed by atoms with Crippen LogP contribution in [-0.2, 0) is 9.59 Å². The Morgan fingerprint density at radius 3 is 2.27 bits per heavy atom. The molecule has 4 aromatic rings. The molecule has 2 aromatic heterocycles. The fourth-order valence-corrected chi connectivity index (χ4v) is 10.9. The molecule has 6 heterocycles. The number of nitrogens with one attached hydrogen (secondary N) is 2. The predicted octanol–water partition coefficient (Wildman–Crippen LogP) is 4.83. The first kappa shape index (κ1) is 42.7. The predicted molar refractivity (Wildman–Crippen MR) is 231 cm³/mol. The van der Waals surface area contributed by atoms with E-state index < -0.39 is 58.0 Å². The summed E-state index contributed by atoms with van der Waals surface area (Å²) >= 11 is 0. The monoisotopic (exact) mass is 873 g/mol. The fourth-order valence-electron chi connectivity index (χ4n) is 10.9. The van der Waals surface area contributed by atoms with E-state index in [9.17, 15) is 29.2 Å². The molecular weight excluding hydrogens is 825 g/mol. The molecule has 64 heavy (non-hydrogen) atoms. The third-order valence-corrected chi connectivity index (χ3v) is 13.9. The van der Waals surface area contributed by atoms with Crippen molar-refractivity contribution in [2.75, 3.05) is 55.6 Å². The number of nitrogens with zero attached hydrogens (tertiary/aromatic N) is 7. The Hall–Kier alpha value is -6.54. The number of rotatable bonds is 9. The van der Waals surface area contributed by atoms with Gasteiger partial charge in [-0.25, -0.2) is 13.8 Å². The summed E-state index contributed by atoms with van der Waals surface area (Å²) in [6, 6.07) is 11.6. The van der Waals surface area contributed by atoms with E-state index in [1.165, 1.54) is 18.3 Å². The average Bonchev–Trinajstić information content (AvgIpc) is 3.51. The molecule has 3 saturated heterocycles. The van der Waals surface area contributed by atoms with Crippen LogP contribution in [0.1, 0.15) is 90.0 Å². The summed E-state index contributed by atoms with van der Waals surface area (Å²) in [6.45, 7) is 12.4. The van der Waals surface area contributed by atoms with Crippen molar-refractivity contribution < 1.29 is 37.5 Å². The SMILES string of the molecule is CC1(C)[C@H](NC(=O)c2cnc(N3CCC(CN4CCN(c5cc6c(cc5F)C(=O)N(C5CCC(=O)NC5=O)C6=O)CC4)CC3)c(F)c2)C(C)(C)[C@H]1Oc1ccc(C#N)c2ncccc12. The molecule has 5 aliphatic rings. The molecule has 17 heteroatoms. The lowest BCUT2D eigenvalue weighted by Crippen LogP contribution is -2.74. The van der Waals surface area contributed by atoms with E-state index in [0.29, 0.717) is 62.0 Å². The van der Waals surface area contributed by atoms with Crippen LogP contribution in [0.4, 0.5) is 20.3 Å². The Morgan fingerprint density at radius 1 is 0.891 bits per heavy atom. The Morgan fingerprint density at radius 2 is 1.59 bits per heavy atom. The lowest BCUT2D eigenvalue weighted by molar-refractivity contribution is -0.163. The van der Waals surface area contributed by atoms with Crippen molar-refractivity contribution in [3.05, 3.63) is 88.7 Å². The number of carbonyl (C=O) groups is 5. The fraction of sp³-hybridized carbons (Fsp3) is 0.447. The minimum absolute atomic E-state index is 0.00298. The maximum atomic E-state index is 15.7. The number of piperazine rings is 1. The zero-order valence-electron chi connectivity index (χ0n) is 36.1. The second-order valence-electron chi connectivity index (χ2n) is 18.7. The number of ether oxygens (including phenoxy) is 1. The summed E-state index contributed by atoms with van der Waals surface area (Å²) in [4.78, 5) is 79.9. The molecule has 0 spiro atoms. The summed E-state index contributed by atoms with van der Waals surface area (Å²) in [6.07, 6.45) is 4.41. The molecule has 9 rings (SSSR count). The van der Waals surface area contributed by atoms with Crippen molar-refractivity contribution >= 4 is 51.9 Å². The number of fused-ring (bicyclic) bond motifs is 2. The van der Waals surface area contributed by atoms with Crippen LogP contribution in [0.3, 0.4) is 0 Å². The summed E-state index contributed by atoms with van der Waals surface area (Å²) in [5, 5.41) is 15.6. The Balaban J connectivity index is 0.761. The van der Waals surface area contributed by atoms with Gasteiger partial charge in [-0.05, 0) is 67.6 Å². The highest BCUT2D eigenvalue weighted by Gasteiger charge is 2.64. The molecule has 332 valence electrons. The van der Waals surface area contributed by atoms with E-state index in [1.807, 2.05) is 43.6 Å². The Labute approximate surface area is 368 Å². The quantitative estimate of drug-likeness (QED) is 0.219. The lowest BCUT2D eigenvalue weighted by atomic mass is 9.49. The van der Waals surface area contributed by atoms with Gasteiger partial charge in [-0.1, -0.05) is 27.7 Å². The van der Waals surface area contributed by atoms with E-state index in [-0.39, 0.29) is 53.2 Å². The summed E-state index contributed by atoms with van der Waals surface area (Å²) in [5.74, 6) is -3.05. The van der Waals surface area contributed by atoms with Gasteiger partial charge >= 0.3 is 0 Å². The molecule has 0 bridgehead atoms. The summed E-state index contributed by atoms with van der Waals surface area (Å²) < 4.78 is 37.8. The number of pyridine rings is 2. The number of carbonyl (C=O) groups excluding carboxylic acids is 5. The summed E-state index contributed by atoms with van der Waals surface area (Å²) in [5.41, 5.74) is 0.326. The van der Waals surface area contributed by atoms with Gasteiger partial charge in [-0.2, -0.15) is 5.26 Å². The smallest absolute Gasteiger partial charge is 0.262 e. The van der Waals surface area contributed by atoms with Crippen LogP contribution in [0.15, 0.2) is 54.9 Å². The summed E-state index contributed by atoms with van der Waals surface area (Å²) in [7, 11) is 0. The standard InChI is InChI=1S/C47H49F2N9O6/c1-46(2)44(47(3,4)45(46)64-36-9-7-27(23-50)38-29(36)6-5-13-51-38)54-40(60)28-20-33(49)39(52-24-28)57-14-11-26(12-15-57)25-55-16-18-56(19-17-55)35-22-31-30(21-32(35)48)42(62)58(43(31)63)34-8-10-37(59)53-41(34)61/h5-7,9,13,20-22,24,26,34,44-45H,8,10-12,14-19,25H2,1-4H3,(H,54,60)(H,53,59,61)/t34?,44-,45-. The van der Waals surface area contributed by atoms with Crippen LogP contribution in [0.2, 0.25) is 0 Å². The maximum Gasteiger partial charge on any atom is 0.262 e. The van der Waals surface area contributed by atoms with Crippen molar-refractivity contribution in [1.82, 2.24) is 30.4 Å². The molecule has 15 nitrogen and oxygen atoms in total. The van der Waals surface area contributed by atoms with Crippen molar-refractivity contribution in [3.8, 4) is 11.8 Å². The van der Waals surface area contributed by atoms with Gasteiger partial charge in [-0.15, -0.1) is 0 Å². The molecule has 4 aliphatic heterocycles. The number of piperidine rings is 2. The number of hydrogen-bond acceptors (Lipinski definition) is 12. The largest absolute Gasteiger partial charge is 0.488 e. The molecule has 1 aliphatic carbocycles. The van der Waals surface area contributed by atoms with Gasteiger partial charge in [0.05, 0.1) is 33.5 Å². The first-order valence-electron chi connectivity index (χ1n) is 21.7. The number of anilines is 2. The third kappa shape index (κ3) is 7.36. The van der Waals surface area contributed by atoms with Gasteiger partial charge in [0.2, 0.25) is 11.8 Å². The van der Waals surface area contributed by atoms with Crippen LogP contribution >= 0.6 is 0 Å². The highest BCUT2D eigenvalue weighted by Crippen LogP contribution is 2.56. The molecule has 0 radical (unpaired) electrons. The van der Waals surface area contributed by atoms with Gasteiger partial charge < -0.3 is 19.9 Å². The van der Waals surface area contributed by atoms with Crippen LogP contribution in [0.25, 0.3) is 10.9 Å². The average molecular weight is 874 g/mol. The highest BCUT2D eigenvalue weighted by molar-refractivity contribution is 6.23. The maximum absolute atomic E-state index is 15.7. The van der Waals surface area contributed by atoms with E-state index >= 15 is 8.78 Å². The second kappa shape index (κ2) is 16.2. The van der Waals surface area contributed by atoms with E-state index in [4.69, 9.17) is 4.74 Å². The number of imide groups is 2. The van der Waals surface area contributed by atoms with Gasteiger partial charge in [0.15, 0.2) is 11.6 Å².